The van der Waals surface area contributed by atoms with Crippen molar-refractivity contribution in [2.45, 2.75) is 34.1 Å². The Morgan fingerprint density at radius 1 is 1.17 bits per heavy atom. The monoisotopic (exact) mass is 248 g/mol. The van der Waals surface area contributed by atoms with Gasteiger partial charge in [0.1, 0.15) is 0 Å². The second-order valence-corrected chi connectivity index (χ2v) is 5.15. The van der Waals surface area contributed by atoms with Gasteiger partial charge in [0.25, 0.3) is 0 Å². The van der Waals surface area contributed by atoms with Gasteiger partial charge in [0, 0.05) is 0 Å². The van der Waals surface area contributed by atoms with Crippen molar-refractivity contribution in [2.75, 3.05) is 6.61 Å². The van der Waals surface area contributed by atoms with E-state index in [1.165, 1.54) is 5.56 Å². The molecule has 0 saturated carbocycles. The molecule has 2 atom stereocenters. The SMILES string of the molecule is CCOC(=O)[C@@H](Cc1ccccc1)[C@H](C)C(C)C. The van der Waals surface area contributed by atoms with Crippen LogP contribution in [-0.4, -0.2) is 12.6 Å². The van der Waals surface area contributed by atoms with Crippen LogP contribution in [0.4, 0.5) is 0 Å². The first-order chi connectivity index (χ1) is 8.56. The summed E-state index contributed by atoms with van der Waals surface area (Å²) in [6.07, 6.45) is 0.763. The van der Waals surface area contributed by atoms with Crippen molar-refractivity contribution in [1.82, 2.24) is 0 Å². The molecule has 0 fully saturated rings. The Hall–Kier alpha value is -1.31. The highest BCUT2D eigenvalue weighted by Gasteiger charge is 2.28. The summed E-state index contributed by atoms with van der Waals surface area (Å²) in [7, 11) is 0. The summed E-state index contributed by atoms with van der Waals surface area (Å²) in [5.74, 6) is 0.683. The van der Waals surface area contributed by atoms with Crippen LogP contribution in [0, 0.1) is 17.8 Å². The smallest absolute Gasteiger partial charge is 0.309 e. The highest BCUT2D eigenvalue weighted by Crippen LogP contribution is 2.25. The molecule has 2 nitrogen and oxygen atoms in total. The van der Waals surface area contributed by atoms with Gasteiger partial charge in [-0.05, 0) is 30.7 Å². The molecule has 2 heteroatoms. The van der Waals surface area contributed by atoms with Crippen molar-refractivity contribution in [1.29, 1.82) is 0 Å². The Morgan fingerprint density at radius 3 is 2.28 bits per heavy atom. The van der Waals surface area contributed by atoms with Crippen molar-refractivity contribution < 1.29 is 9.53 Å². The van der Waals surface area contributed by atoms with E-state index in [0.29, 0.717) is 18.4 Å². The minimum absolute atomic E-state index is 0.0488. The molecule has 100 valence electrons. The maximum absolute atomic E-state index is 12.1. The van der Waals surface area contributed by atoms with E-state index in [9.17, 15) is 4.79 Å². The van der Waals surface area contributed by atoms with Crippen LogP contribution in [0.3, 0.4) is 0 Å². The first kappa shape index (κ1) is 14.7. The fourth-order valence-corrected chi connectivity index (χ4v) is 2.07. The molecule has 1 aromatic carbocycles. The van der Waals surface area contributed by atoms with Gasteiger partial charge in [-0.15, -0.1) is 0 Å². The number of ether oxygens (including phenoxy) is 1. The fraction of sp³-hybridized carbons (Fsp3) is 0.562. The maximum Gasteiger partial charge on any atom is 0.309 e. The first-order valence-corrected chi connectivity index (χ1v) is 6.76. The average Bonchev–Trinajstić information content (AvgIpc) is 2.36. The molecule has 18 heavy (non-hydrogen) atoms. The van der Waals surface area contributed by atoms with E-state index in [1.807, 2.05) is 25.1 Å². The molecule has 1 rings (SSSR count). The molecule has 0 aliphatic carbocycles. The number of rotatable bonds is 6. The minimum atomic E-state index is -0.0671. The van der Waals surface area contributed by atoms with Gasteiger partial charge in [-0.2, -0.15) is 0 Å². The molecular weight excluding hydrogens is 224 g/mol. The van der Waals surface area contributed by atoms with Crippen molar-refractivity contribution >= 4 is 5.97 Å². The average molecular weight is 248 g/mol. The zero-order chi connectivity index (χ0) is 13.5. The van der Waals surface area contributed by atoms with Gasteiger partial charge >= 0.3 is 5.97 Å². The summed E-state index contributed by atoms with van der Waals surface area (Å²) in [5, 5.41) is 0. The summed E-state index contributed by atoms with van der Waals surface area (Å²) >= 11 is 0. The van der Waals surface area contributed by atoms with Gasteiger partial charge in [0.2, 0.25) is 0 Å². The van der Waals surface area contributed by atoms with Crippen molar-refractivity contribution in [2.24, 2.45) is 17.8 Å². The van der Waals surface area contributed by atoms with E-state index >= 15 is 0 Å². The number of carbonyl (C=O) groups is 1. The van der Waals surface area contributed by atoms with Crippen LogP contribution in [-0.2, 0) is 16.0 Å². The van der Waals surface area contributed by atoms with Crippen LogP contribution in [0.5, 0.6) is 0 Å². The van der Waals surface area contributed by atoms with Crippen LogP contribution in [0.25, 0.3) is 0 Å². The molecule has 1 aromatic rings. The minimum Gasteiger partial charge on any atom is -0.466 e. The van der Waals surface area contributed by atoms with E-state index in [-0.39, 0.29) is 11.9 Å². The molecule has 0 amide bonds. The number of carbonyl (C=O) groups excluding carboxylic acids is 1. The molecule has 0 unspecified atom stereocenters. The Morgan fingerprint density at radius 2 is 1.78 bits per heavy atom. The second kappa shape index (κ2) is 7.20. The normalized spacial score (nSPS) is 14.3. The number of benzene rings is 1. The van der Waals surface area contributed by atoms with E-state index < -0.39 is 0 Å². The van der Waals surface area contributed by atoms with Crippen LogP contribution in [0.1, 0.15) is 33.3 Å². The lowest BCUT2D eigenvalue weighted by atomic mass is 9.81. The first-order valence-electron chi connectivity index (χ1n) is 6.76. The summed E-state index contributed by atoms with van der Waals surface area (Å²) in [4.78, 5) is 12.1. The quantitative estimate of drug-likeness (QED) is 0.717. The summed E-state index contributed by atoms with van der Waals surface area (Å²) in [6.45, 7) is 8.76. The Labute approximate surface area is 110 Å². The molecule has 0 aliphatic rings. The third-order valence-corrected chi connectivity index (χ3v) is 3.57. The largest absolute Gasteiger partial charge is 0.466 e. The lowest BCUT2D eigenvalue weighted by molar-refractivity contribution is -0.150. The topological polar surface area (TPSA) is 26.3 Å². The fourth-order valence-electron chi connectivity index (χ4n) is 2.07. The van der Waals surface area contributed by atoms with Gasteiger partial charge < -0.3 is 4.74 Å². The molecule has 0 radical (unpaired) electrons. The van der Waals surface area contributed by atoms with Gasteiger partial charge in [-0.1, -0.05) is 51.1 Å². The van der Waals surface area contributed by atoms with Gasteiger partial charge in [-0.25, -0.2) is 0 Å². The highest BCUT2D eigenvalue weighted by molar-refractivity contribution is 5.73. The number of esters is 1. The second-order valence-electron chi connectivity index (χ2n) is 5.15. The standard InChI is InChI=1S/C16H24O2/c1-5-18-16(17)15(13(4)12(2)3)11-14-9-7-6-8-10-14/h6-10,12-13,15H,5,11H2,1-4H3/t13-,15+/m1/s1. The van der Waals surface area contributed by atoms with Crippen molar-refractivity contribution in [3.63, 3.8) is 0 Å². The molecule has 0 spiro atoms. The van der Waals surface area contributed by atoms with Crippen molar-refractivity contribution in [3.05, 3.63) is 35.9 Å². The van der Waals surface area contributed by atoms with Gasteiger partial charge in [0.15, 0.2) is 0 Å². The lowest BCUT2D eigenvalue weighted by Crippen LogP contribution is -2.29. The highest BCUT2D eigenvalue weighted by atomic mass is 16.5. The summed E-state index contributed by atoms with van der Waals surface area (Å²) in [5.41, 5.74) is 1.20. The number of hydrogen-bond donors (Lipinski definition) is 0. The Balaban J connectivity index is 2.81. The third kappa shape index (κ3) is 4.17. The molecular formula is C16H24O2. The molecule has 0 heterocycles. The van der Waals surface area contributed by atoms with Crippen LogP contribution in [0.2, 0.25) is 0 Å². The zero-order valence-electron chi connectivity index (χ0n) is 11.8. The van der Waals surface area contributed by atoms with Crippen LogP contribution >= 0.6 is 0 Å². The summed E-state index contributed by atoms with van der Waals surface area (Å²) in [6, 6.07) is 10.2. The maximum atomic E-state index is 12.1. The molecule has 0 N–H and O–H groups in total. The molecule has 0 saturated heterocycles. The van der Waals surface area contributed by atoms with Gasteiger partial charge in [0.05, 0.1) is 12.5 Å². The molecule has 0 aromatic heterocycles. The molecule has 0 aliphatic heterocycles. The van der Waals surface area contributed by atoms with E-state index in [4.69, 9.17) is 4.74 Å². The predicted molar refractivity (Wildman–Crippen MR) is 74.3 cm³/mol. The third-order valence-electron chi connectivity index (χ3n) is 3.57. The van der Waals surface area contributed by atoms with Gasteiger partial charge in [-0.3, -0.25) is 4.79 Å². The van der Waals surface area contributed by atoms with E-state index in [2.05, 4.69) is 32.9 Å². The van der Waals surface area contributed by atoms with Crippen LogP contribution in [0.15, 0.2) is 30.3 Å². The van der Waals surface area contributed by atoms with Crippen LogP contribution < -0.4 is 0 Å². The summed E-state index contributed by atoms with van der Waals surface area (Å²) < 4.78 is 5.21. The number of hydrogen-bond acceptors (Lipinski definition) is 2. The predicted octanol–water partition coefficient (Wildman–Crippen LogP) is 3.70. The Bertz CT molecular complexity index is 357. The molecule has 0 bridgehead atoms. The lowest BCUT2D eigenvalue weighted by Gasteiger charge is -2.25. The van der Waals surface area contributed by atoms with E-state index in [1.54, 1.807) is 0 Å². The van der Waals surface area contributed by atoms with E-state index in [0.717, 1.165) is 6.42 Å². The zero-order valence-corrected chi connectivity index (χ0v) is 11.8. The Kier molecular flexibility index (Phi) is 5.90. The van der Waals surface area contributed by atoms with Crippen molar-refractivity contribution in [3.8, 4) is 0 Å².